The number of nitrogens with one attached hydrogen (secondary N) is 2. The van der Waals surface area contributed by atoms with Gasteiger partial charge in [0.15, 0.2) is 5.96 Å². The molecule has 0 aromatic rings. The van der Waals surface area contributed by atoms with Crippen LogP contribution in [0.3, 0.4) is 0 Å². The predicted molar refractivity (Wildman–Crippen MR) is 116 cm³/mol. The molecule has 1 rings (SSSR count). The van der Waals surface area contributed by atoms with Crippen molar-refractivity contribution in [1.82, 2.24) is 20.4 Å². The molecule has 1 saturated heterocycles. The molecule has 0 unspecified atom stereocenters. The summed E-state index contributed by atoms with van der Waals surface area (Å²) in [5.41, 5.74) is 0. The number of guanidine groups is 1. The number of hydrogen-bond acceptors (Lipinski definition) is 5. The summed E-state index contributed by atoms with van der Waals surface area (Å²) in [4.78, 5) is 31.2. The van der Waals surface area contributed by atoms with E-state index in [1.807, 2.05) is 0 Å². The second-order valence-electron chi connectivity index (χ2n) is 6.33. The van der Waals surface area contributed by atoms with Gasteiger partial charge in [-0.25, -0.2) is 9.79 Å². The molecule has 2 amide bonds. The lowest BCUT2D eigenvalue weighted by molar-refractivity contribution is -0.127. The Morgan fingerprint density at radius 3 is 2.48 bits per heavy atom. The van der Waals surface area contributed by atoms with E-state index in [0.717, 1.165) is 19.3 Å². The van der Waals surface area contributed by atoms with Crippen molar-refractivity contribution in [2.45, 2.75) is 32.2 Å². The van der Waals surface area contributed by atoms with Crippen molar-refractivity contribution in [2.24, 2.45) is 4.99 Å². The van der Waals surface area contributed by atoms with Gasteiger partial charge in [-0.2, -0.15) is 0 Å². The minimum Gasteiger partial charge on any atom is -0.450 e. The smallest absolute Gasteiger partial charge is 0.409 e. The summed E-state index contributed by atoms with van der Waals surface area (Å²) in [6, 6.07) is 0.198. The van der Waals surface area contributed by atoms with Crippen LogP contribution < -0.4 is 10.6 Å². The Kier molecular flexibility index (Phi) is 14.0. The quantitative estimate of drug-likeness (QED) is 0.223. The summed E-state index contributed by atoms with van der Waals surface area (Å²) in [6.07, 6.45) is 2.20. The number of amides is 2. The number of rotatable bonds is 8. The standard InChI is InChI=1S/C17H33N5O4.HI/c1-5-26-17(24)22-10-7-14(8-11-22)20-16(18-9-6-12-25-4)19-13-15(23)21(2)3;/h14H,5-13H2,1-4H3,(H2,18,19,20);1H. The Bertz CT molecular complexity index is 468. The van der Waals surface area contributed by atoms with Gasteiger partial charge in [-0.15, -0.1) is 24.0 Å². The van der Waals surface area contributed by atoms with Crippen LogP contribution in [0.2, 0.25) is 0 Å². The molecule has 0 spiro atoms. The van der Waals surface area contributed by atoms with E-state index in [0.29, 0.717) is 38.8 Å². The van der Waals surface area contributed by atoms with Gasteiger partial charge in [-0.1, -0.05) is 0 Å². The average molecular weight is 499 g/mol. The van der Waals surface area contributed by atoms with Crippen molar-refractivity contribution >= 4 is 41.9 Å². The molecule has 0 aliphatic carbocycles. The fourth-order valence-corrected chi connectivity index (χ4v) is 2.48. The van der Waals surface area contributed by atoms with Gasteiger partial charge in [0.2, 0.25) is 5.91 Å². The highest BCUT2D eigenvalue weighted by molar-refractivity contribution is 14.0. The Morgan fingerprint density at radius 1 is 1.26 bits per heavy atom. The van der Waals surface area contributed by atoms with Crippen molar-refractivity contribution in [3.05, 3.63) is 0 Å². The van der Waals surface area contributed by atoms with Crippen molar-refractivity contribution < 1.29 is 19.1 Å². The van der Waals surface area contributed by atoms with Gasteiger partial charge in [0, 0.05) is 53.5 Å². The molecule has 9 nitrogen and oxygen atoms in total. The molecule has 0 radical (unpaired) electrons. The Labute approximate surface area is 179 Å². The van der Waals surface area contributed by atoms with E-state index in [4.69, 9.17) is 9.47 Å². The normalized spacial score (nSPS) is 15.0. The van der Waals surface area contributed by atoms with Crippen LogP contribution in [0.1, 0.15) is 26.2 Å². The third kappa shape index (κ3) is 10.6. The van der Waals surface area contributed by atoms with Crippen LogP contribution in [0.5, 0.6) is 0 Å². The number of halogens is 1. The molecule has 2 N–H and O–H groups in total. The number of ether oxygens (including phenoxy) is 2. The summed E-state index contributed by atoms with van der Waals surface area (Å²) in [7, 11) is 5.09. The number of hydrogen-bond donors (Lipinski definition) is 2. The summed E-state index contributed by atoms with van der Waals surface area (Å²) in [6.45, 7) is 4.94. The molecule has 1 aliphatic heterocycles. The van der Waals surface area contributed by atoms with E-state index < -0.39 is 0 Å². The molecule has 1 aliphatic rings. The van der Waals surface area contributed by atoms with Crippen molar-refractivity contribution in [2.75, 3.05) is 60.6 Å². The zero-order valence-electron chi connectivity index (χ0n) is 16.8. The number of piperidine rings is 1. The van der Waals surface area contributed by atoms with Crippen LogP contribution in [0.25, 0.3) is 0 Å². The molecule has 1 heterocycles. The topological polar surface area (TPSA) is 95.5 Å². The third-order valence-electron chi connectivity index (χ3n) is 4.05. The lowest BCUT2D eigenvalue weighted by Crippen LogP contribution is -2.50. The molecule has 0 bridgehead atoms. The first-order valence-corrected chi connectivity index (χ1v) is 9.13. The first kappa shape index (κ1) is 25.7. The number of likely N-dealkylation sites (tertiary alicyclic amines) is 1. The van der Waals surface area contributed by atoms with E-state index in [1.165, 1.54) is 4.90 Å². The second-order valence-corrected chi connectivity index (χ2v) is 6.33. The van der Waals surface area contributed by atoms with E-state index >= 15 is 0 Å². The van der Waals surface area contributed by atoms with Crippen molar-refractivity contribution in [3.63, 3.8) is 0 Å². The van der Waals surface area contributed by atoms with Gasteiger partial charge >= 0.3 is 6.09 Å². The maximum Gasteiger partial charge on any atom is 0.409 e. The van der Waals surface area contributed by atoms with Crippen LogP contribution in [-0.4, -0.2) is 94.4 Å². The first-order valence-electron chi connectivity index (χ1n) is 9.13. The highest BCUT2D eigenvalue weighted by Gasteiger charge is 2.24. The maximum atomic E-state index is 11.8. The van der Waals surface area contributed by atoms with Gasteiger partial charge in [0.25, 0.3) is 0 Å². The molecular formula is C17H34IN5O4. The molecule has 10 heteroatoms. The number of carbonyl (C=O) groups is 2. The minimum atomic E-state index is -0.255. The second kappa shape index (κ2) is 14.7. The molecule has 0 aromatic heterocycles. The van der Waals surface area contributed by atoms with Gasteiger partial charge in [-0.05, 0) is 26.2 Å². The van der Waals surface area contributed by atoms with E-state index in [2.05, 4.69) is 15.6 Å². The largest absolute Gasteiger partial charge is 0.450 e. The van der Waals surface area contributed by atoms with E-state index in [9.17, 15) is 9.59 Å². The average Bonchev–Trinajstić information content (AvgIpc) is 2.63. The molecule has 158 valence electrons. The third-order valence-corrected chi connectivity index (χ3v) is 4.05. The number of likely N-dealkylation sites (N-methyl/N-ethyl adjacent to an activating group) is 1. The van der Waals surface area contributed by atoms with E-state index in [1.54, 1.807) is 33.0 Å². The lowest BCUT2D eigenvalue weighted by atomic mass is 10.1. The number of nitrogens with zero attached hydrogens (tertiary/aromatic N) is 3. The first-order chi connectivity index (χ1) is 12.5. The number of carbonyl (C=O) groups excluding carboxylic acids is 2. The van der Waals surface area contributed by atoms with Crippen LogP contribution in [-0.2, 0) is 14.3 Å². The van der Waals surface area contributed by atoms with Gasteiger partial charge in [-0.3, -0.25) is 4.79 Å². The molecule has 1 fully saturated rings. The molecule has 0 saturated carbocycles. The molecule has 0 aromatic carbocycles. The Balaban J connectivity index is 0.00000676. The highest BCUT2D eigenvalue weighted by atomic mass is 127. The summed E-state index contributed by atoms with van der Waals surface area (Å²) in [5, 5.41) is 6.60. The SMILES string of the molecule is CCOC(=O)N1CCC(NC(=NCC(=O)N(C)C)NCCCOC)CC1.I. The van der Waals surface area contributed by atoms with Crippen LogP contribution in [0, 0.1) is 0 Å². The fourth-order valence-electron chi connectivity index (χ4n) is 2.48. The number of aliphatic imine (C=N–C) groups is 1. The van der Waals surface area contributed by atoms with Gasteiger partial charge < -0.3 is 29.9 Å². The van der Waals surface area contributed by atoms with Crippen molar-refractivity contribution in [1.29, 1.82) is 0 Å². The molecule has 0 atom stereocenters. The minimum absolute atomic E-state index is 0. The Morgan fingerprint density at radius 2 is 1.93 bits per heavy atom. The van der Waals surface area contributed by atoms with Crippen LogP contribution in [0.15, 0.2) is 4.99 Å². The Hall–Kier alpha value is -1.30. The van der Waals surface area contributed by atoms with Crippen LogP contribution in [0.4, 0.5) is 4.79 Å². The molecule has 27 heavy (non-hydrogen) atoms. The van der Waals surface area contributed by atoms with Gasteiger partial charge in [0.1, 0.15) is 6.54 Å². The monoisotopic (exact) mass is 499 g/mol. The molecular weight excluding hydrogens is 465 g/mol. The van der Waals surface area contributed by atoms with Crippen LogP contribution >= 0.6 is 24.0 Å². The van der Waals surface area contributed by atoms with Gasteiger partial charge in [0.05, 0.1) is 6.61 Å². The van der Waals surface area contributed by atoms with Crippen molar-refractivity contribution in [3.8, 4) is 0 Å². The fraction of sp³-hybridized carbons (Fsp3) is 0.824. The maximum absolute atomic E-state index is 11.8. The zero-order chi connectivity index (χ0) is 19.4. The number of methoxy groups -OCH3 is 1. The lowest BCUT2D eigenvalue weighted by Gasteiger charge is -2.32. The summed E-state index contributed by atoms with van der Waals surface area (Å²) in [5.74, 6) is 0.561. The highest BCUT2D eigenvalue weighted by Crippen LogP contribution is 2.11. The predicted octanol–water partition coefficient (Wildman–Crippen LogP) is 0.885. The summed E-state index contributed by atoms with van der Waals surface area (Å²) >= 11 is 0. The summed E-state index contributed by atoms with van der Waals surface area (Å²) < 4.78 is 10.1. The zero-order valence-corrected chi connectivity index (χ0v) is 19.2. The van der Waals surface area contributed by atoms with E-state index in [-0.39, 0.29) is 48.6 Å².